The Morgan fingerprint density at radius 2 is 0.774 bits per heavy atom. The van der Waals surface area contributed by atoms with Gasteiger partial charge in [-0.1, -0.05) is 276 Å². The molecular weight excluding hydrogens is 1620 g/mol. The summed E-state index contributed by atoms with van der Waals surface area (Å²) in [4.78, 5) is 47.5. The first-order chi connectivity index (χ1) is 45.9. The summed E-state index contributed by atoms with van der Waals surface area (Å²) in [5.74, 6) is 0.667. The summed E-state index contributed by atoms with van der Waals surface area (Å²) in [6, 6.07) is 55.4. The Labute approximate surface area is 690 Å². The fourth-order valence-corrected chi connectivity index (χ4v) is 10.3. The molecule has 2 unspecified atom stereocenters. The molecule has 0 aliphatic carbocycles. The lowest BCUT2D eigenvalue weighted by molar-refractivity contribution is -0.129. The van der Waals surface area contributed by atoms with Crippen LogP contribution in [0.25, 0.3) is 0 Å². The number of anilines is 3. The molecule has 0 bridgehead atoms. The first-order valence-corrected chi connectivity index (χ1v) is 34.0. The number of amides is 3. The number of aryl methyl sites for hydroxylation is 4. The van der Waals surface area contributed by atoms with Gasteiger partial charge in [0.1, 0.15) is 28.4 Å². The van der Waals surface area contributed by atoms with Crippen LogP contribution in [0.4, 0.5) is 69.7 Å². The number of alkyl halides is 12. The van der Waals surface area contributed by atoms with E-state index < -0.39 is 72.6 Å². The average molecular weight is 1760 g/mol. The van der Waals surface area contributed by atoms with E-state index in [0.717, 1.165) is 60.6 Å². The van der Waals surface area contributed by atoms with Gasteiger partial charge in [0.05, 0.1) is 24.0 Å². The Balaban J connectivity index is -0.0000000865. The Morgan fingerprint density at radius 1 is 0.443 bits per heavy atom. The van der Waals surface area contributed by atoms with Crippen LogP contribution in [0.3, 0.4) is 0 Å². The van der Waals surface area contributed by atoms with Gasteiger partial charge in [-0.05, 0) is 146 Å². The van der Waals surface area contributed by atoms with E-state index in [9.17, 15) is 87.2 Å². The number of aliphatic hydroxyl groups is 1. The average Bonchev–Trinajstić information content (AvgIpc) is 1.58. The van der Waals surface area contributed by atoms with E-state index in [-0.39, 0.29) is 141 Å². The minimum atomic E-state index is -5.84. The number of nitrogens with one attached hydrogen (secondary N) is 3. The zero-order valence-corrected chi connectivity index (χ0v) is 57.8. The van der Waals surface area contributed by atoms with Crippen molar-refractivity contribution in [1.29, 1.82) is 0 Å². The van der Waals surface area contributed by atoms with Crippen molar-refractivity contribution in [3.8, 4) is 23.0 Å². The van der Waals surface area contributed by atoms with Crippen LogP contribution in [0.1, 0.15) is 200 Å². The zero-order valence-electron chi connectivity index (χ0n) is 54.4. The van der Waals surface area contributed by atoms with Gasteiger partial charge in [-0.3, -0.25) is 23.7 Å². The van der Waals surface area contributed by atoms with E-state index in [0.29, 0.717) is 28.1 Å². The summed E-state index contributed by atoms with van der Waals surface area (Å²) in [6.45, 7) is 8.03. The fourth-order valence-electron chi connectivity index (χ4n) is 9.00. The second-order valence-corrected chi connectivity index (χ2v) is 29.7. The van der Waals surface area contributed by atoms with Crippen LogP contribution in [0.5, 0.6) is 23.0 Å². The number of rotatable bonds is 6. The van der Waals surface area contributed by atoms with Gasteiger partial charge in [0, 0.05) is 21.3 Å². The lowest BCUT2D eigenvalue weighted by atomic mass is 9.70. The number of methoxy groups -OCH3 is 1. The predicted octanol–water partition coefficient (Wildman–Crippen LogP) is 27.9. The number of phenolic OH excluding ortho intramolecular Hbond substituents is 2. The molecule has 30 heteroatoms. The molecule has 3 amide bonds. The third kappa shape index (κ3) is 39.3. The highest BCUT2D eigenvalue weighted by Crippen LogP contribution is 2.49. The molecule has 3 heterocycles. The van der Waals surface area contributed by atoms with Crippen LogP contribution in [0.15, 0.2) is 186 Å². The van der Waals surface area contributed by atoms with Crippen LogP contribution < -0.4 is 25.1 Å². The van der Waals surface area contributed by atoms with E-state index in [1.54, 1.807) is 55.6 Å². The number of halogens is 13. The van der Waals surface area contributed by atoms with Crippen LogP contribution >= 0.6 is 15.9 Å². The van der Waals surface area contributed by atoms with Gasteiger partial charge in [0.15, 0.2) is 5.60 Å². The van der Waals surface area contributed by atoms with E-state index in [2.05, 4.69) is 65.7 Å². The summed E-state index contributed by atoms with van der Waals surface area (Å²) in [5, 5.41) is 38.4. The van der Waals surface area contributed by atoms with Crippen molar-refractivity contribution in [1.82, 2.24) is 0 Å². The molecule has 2 atom stereocenters. The lowest BCUT2D eigenvalue weighted by Gasteiger charge is -2.36. The second kappa shape index (κ2) is 60.3. The van der Waals surface area contributed by atoms with E-state index in [1.165, 1.54) is 12.1 Å². The number of fused-ring (bicyclic) bond motifs is 3. The lowest BCUT2D eigenvalue weighted by Crippen LogP contribution is -2.43. The molecule has 3 aliphatic rings. The number of Topliss-reactive ketones (excluding diaryl/α,β-unsaturated/α-hetero) is 1. The topological polar surface area (TPSA) is 238 Å². The molecule has 3 aliphatic heterocycles. The molecule has 15 nitrogen and oxygen atoms in total. The maximum Gasteiger partial charge on any atom is 0.522 e. The van der Waals surface area contributed by atoms with E-state index >= 15 is 0 Å². The minimum Gasteiger partial charge on any atom is -0.544 e. The zero-order chi connectivity index (χ0) is 75.2. The van der Waals surface area contributed by atoms with Gasteiger partial charge >= 0.3 is 35.7 Å². The normalized spacial score (nSPS) is 13.2. The van der Waals surface area contributed by atoms with Gasteiger partial charge in [-0.25, -0.2) is 0 Å². The van der Waals surface area contributed by atoms with E-state index in [1.807, 2.05) is 149 Å². The fraction of sp³-hybridized carbons (Fsp3) is 0.388. The van der Waals surface area contributed by atoms with Crippen LogP contribution in [0.2, 0.25) is 18.1 Å². The predicted molar refractivity (Wildman–Crippen MR) is 466 cm³/mol. The summed E-state index contributed by atoms with van der Waals surface area (Å²) in [6.07, 6.45) is 0. The van der Waals surface area contributed by atoms with E-state index in [4.69, 9.17) is 22.1 Å². The summed E-state index contributed by atoms with van der Waals surface area (Å²) in [5.41, 5.74) is 2.24. The number of ketones is 1. The molecule has 0 spiro atoms. The van der Waals surface area contributed by atoms with Crippen molar-refractivity contribution < 1.29 is 109 Å². The molecule has 7 N–H and O–H groups in total. The number of carbonyl (C=O) groups is 4. The molecule has 0 aromatic heterocycles. The molecule has 11 rings (SSSR count). The first kappa shape index (κ1) is 138. The minimum absolute atomic E-state index is 0. The summed E-state index contributed by atoms with van der Waals surface area (Å²) in [7, 11) is -5.86. The number of hydrogen-bond donors (Lipinski definition) is 7. The monoisotopic (exact) mass is 1760 g/mol. The number of para-hydroxylation sites is 4. The maximum atomic E-state index is 13.3. The van der Waals surface area contributed by atoms with Crippen molar-refractivity contribution >= 4 is 74.9 Å². The second-order valence-electron chi connectivity index (χ2n) is 22.6. The highest BCUT2D eigenvalue weighted by Gasteiger charge is 2.51. The number of benzene rings is 8. The highest BCUT2D eigenvalue weighted by atomic mass is 79.9. The number of carbonyl (C=O) groups excluding carboxylic acids is 4. The first-order valence-electron chi connectivity index (χ1n) is 28.9. The van der Waals surface area contributed by atoms with Gasteiger partial charge in [0.25, 0.3) is 17.6 Å². The van der Waals surface area contributed by atoms with Gasteiger partial charge < -0.3 is 40.4 Å². The third-order valence-corrected chi connectivity index (χ3v) is 20.3. The molecule has 115 heavy (non-hydrogen) atoms. The maximum absolute atomic E-state index is 13.3. The van der Waals surface area contributed by atoms with Gasteiger partial charge in [0.2, 0.25) is 14.2 Å². The molecule has 8 aromatic carbocycles. The molecule has 8 aromatic rings. The number of phenols is 2. The Morgan fingerprint density at radius 3 is 1.12 bits per heavy atom. The van der Waals surface area contributed by atoms with Crippen molar-refractivity contribution in [2.24, 2.45) is 0 Å². The number of ether oxygens (including phenoxy) is 1. The third-order valence-electron chi connectivity index (χ3n) is 14.8. The van der Waals surface area contributed by atoms with Gasteiger partial charge in [-0.2, -0.15) is 61.1 Å². The Bertz CT molecular complexity index is 4020. The van der Waals surface area contributed by atoms with Crippen molar-refractivity contribution in [3.63, 3.8) is 0 Å². The highest BCUT2D eigenvalue weighted by molar-refractivity contribution is 9.10. The largest absolute Gasteiger partial charge is 0.544 e. The van der Waals surface area contributed by atoms with Crippen LogP contribution in [0, 0.1) is 27.7 Å². The molecule has 0 saturated carbocycles. The van der Waals surface area contributed by atoms with Crippen molar-refractivity contribution in [3.05, 3.63) is 242 Å². The van der Waals surface area contributed by atoms with Crippen LogP contribution in [-0.2, 0) is 35.5 Å². The molecular formula is C85H134BrF12N3O12SSi. The number of hydrogen-bond acceptors (Lipinski definition) is 11. The summed E-state index contributed by atoms with van der Waals surface area (Å²) >= 11 is 3.42. The van der Waals surface area contributed by atoms with Crippen molar-refractivity contribution in [2.45, 2.75) is 222 Å². The Hall–Kier alpha value is -9.23. The SMILES string of the molecule is C.C.C.C.C.C.C.C.C.C.C.C.C.C.C.C.CC(C)(C)[Si](C)(C)Oc1ccc(Br)cc1.COc1ccccc1.Cc1ccc(C2(c3ccc(O)cc3)C(=O)Nc3c(C)cccc32)cc1.Cc1cccc2c1NC(=O)C2(O)c1ccc(O)cc1.Cc1cccc2c1NC(=O)C2=O.FC(F)F.FC(F)F.FC(F)F.O=S(=O)(O)C(F)(F)F. The van der Waals surface area contributed by atoms with Crippen molar-refractivity contribution in [2.75, 3.05) is 23.1 Å². The summed E-state index contributed by atoms with van der Waals surface area (Å²) < 4.78 is 157. The Kier molecular flexibility index (Phi) is 72.3. The molecule has 0 saturated heterocycles. The molecule has 0 fully saturated rings. The molecule has 0 radical (unpaired) electrons. The quantitative estimate of drug-likeness (QED) is 0.0271. The standard InChI is InChI=1S/C22H19NO2.C15H13NO3.C12H19BrOSi.C9H7NO2.C7H8O.CHF3O3S.3CHF3.16CH4/c1-14-6-8-16(9-7-14)22(17-10-12-18(24)13-11-17)19-5-3-4-15(2)20(19)23-21(22)25;1-9-3-2-4-12-13(9)16-14(18)15(12,19)10-5-7-11(17)8-6-10;1-12(2,3)15(4,5)14-11-8-6-10(13)7-9-11;1-5-3-2-4-6-7(5)10-9(12)8(6)11;1-8-7-5-3-2-4-6-7;2-1(3,4)8(5,6)7;3*2-1(3)4;;;;;;;;;;;;;;;;/h3-13,24H,1-2H3,(H,23,25);2-8,17,19H,1H3,(H,16,18);6-9H,1-5H3;2-4H,1H3,(H,10,11,12);2-6H,1H3;(H,5,6,7);3*1H;16*1H4. The van der Waals surface area contributed by atoms with Crippen LogP contribution in [-0.4, -0.2) is 92.8 Å². The van der Waals surface area contributed by atoms with Gasteiger partial charge in [-0.15, -0.1) is 0 Å². The smallest absolute Gasteiger partial charge is 0.522 e. The number of aromatic hydroxyl groups is 2. The molecule has 662 valence electrons.